The average Bonchev–Trinajstić information content (AvgIpc) is 1.61. The Bertz CT molecular complexity index is 3000. The molecule has 93 heavy (non-hydrogen) atoms. The van der Waals surface area contributed by atoms with Crippen molar-refractivity contribution in [3.05, 3.63) is 94.1 Å². The summed E-state index contributed by atoms with van der Waals surface area (Å²) in [6, 6.07) is 20.1. The first-order chi connectivity index (χ1) is 43.6. The number of amides is 2. The number of hydrogen-bond acceptors (Lipinski definition) is 10. The molecule has 2 N–H and O–H groups in total. The Morgan fingerprint density at radius 1 is 0.570 bits per heavy atom. The van der Waals surface area contributed by atoms with E-state index in [0.29, 0.717) is 66.0 Å². The minimum atomic E-state index is -0.745. The third kappa shape index (κ3) is 13.7. The van der Waals surface area contributed by atoms with Crippen LogP contribution in [0.25, 0.3) is 0 Å². The number of likely N-dealkylation sites (tertiary alicyclic amines) is 2. The van der Waals surface area contributed by atoms with E-state index < -0.39 is 5.97 Å². The van der Waals surface area contributed by atoms with Gasteiger partial charge in [-0.25, -0.2) is 9.59 Å². The maximum Gasteiger partial charge on any atom is 0.410 e. The number of carboxylic acid groups (broad SMARTS) is 1. The van der Waals surface area contributed by atoms with E-state index in [4.69, 9.17) is 28.8 Å². The van der Waals surface area contributed by atoms with Gasteiger partial charge in [-0.3, -0.25) is 9.59 Å². The van der Waals surface area contributed by atoms with Crippen molar-refractivity contribution in [2.45, 2.75) is 286 Å². The van der Waals surface area contributed by atoms with Crippen LogP contribution >= 0.6 is 0 Å². The van der Waals surface area contributed by atoms with Crippen molar-refractivity contribution in [3.63, 3.8) is 0 Å². The first-order valence-electron chi connectivity index (χ1n) is 36.3. The fraction of sp³-hybridized carbons (Fsp3) is 0.750. The second-order valence-electron chi connectivity index (χ2n) is 32.2. The monoisotopic (exact) mass is 1280 g/mol. The van der Waals surface area contributed by atoms with Crippen molar-refractivity contribution >= 4 is 24.1 Å². The highest BCUT2D eigenvalue weighted by atomic mass is 16.6. The number of nitrogens with zero attached hydrogens (tertiary/aromatic N) is 2. The van der Waals surface area contributed by atoms with Gasteiger partial charge in [0.05, 0.1) is 41.6 Å². The Morgan fingerprint density at radius 2 is 1.00 bits per heavy atom. The Kier molecular flexibility index (Phi) is 22.0. The summed E-state index contributed by atoms with van der Waals surface area (Å²) in [5.41, 5.74) is 9.01. The zero-order valence-electron chi connectivity index (χ0n) is 57.0. The summed E-state index contributed by atoms with van der Waals surface area (Å²) < 4.78 is 32.0. The van der Waals surface area contributed by atoms with E-state index in [1.807, 2.05) is 77.4 Å². The fourth-order valence-electron chi connectivity index (χ4n) is 22.5. The van der Waals surface area contributed by atoms with Crippen molar-refractivity contribution in [2.75, 3.05) is 13.1 Å². The molecule has 10 fully saturated rings. The van der Waals surface area contributed by atoms with E-state index in [-0.39, 0.29) is 99.0 Å². The molecule has 14 rings (SSSR count). The van der Waals surface area contributed by atoms with Gasteiger partial charge in [0.25, 0.3) is 0 Å². The van der Waals surface area contributed by atoms with E-state index in [9.17, 15) is 24.3 Å². The Labute approximate surface area is 559 Å². The quantitative estimate of drug-likeness (QED) is 0.154. The summed E-state index contributed by atoms with van der Waals surface area (Å²) in [7, 11) is 0. The van der Waals surface area contributed by atoms with Crippen molar-refractivity contribution in [1.29, 1.82) is 0 Å². The van der Waals surface area contributed by atoms with Crippen molar-refractivity contribution < 1.29 is 53.1 Å². The van der Waals surface area contributed by atoms with E-state index in [2.05, 4.69) is 55.4 Å². The third-order valence-electron chi connectivity index (χ3n) is 27.2. The van der Waals surface area contributed by atoms with Gasteiger partial charge < -0.3 is 43.7 Å². The lowest BCUT2D eigenvalue weighted by Crippen LogP contribution is -2.54. The molecule has 13 nitrogen and oxygen atoms in total. The molecule has 0 bridgehead atoms. The summed E-state index contributed by atoms with van der Waals surface area (Å²) >= 11 is 0. The molecular weight excluding hydrogens is 1160 g/mol. The van der Waals surface area contributed by atoms with Crippen LogP contribution in [0.2, 0.25) is 0 Å². The second-order valence-corrected chi connectivity index (χ2v) is 32.2. The third-order valence-corrected chi connectivity index (χ3v) is 27.2. The number of carbonyl (C=O) groups excluding carboxylic acids is 3. The van der Waals surface area contributed by atoms with Crippen molar-refractivity contribution in [1.82, 2.24) is 9.80 Å². The van der Waals surface area contributed by atoms with Crippen LogP contribution in [-0.2, 0) is 46.5 Å². The minimum absolute atomic E-state index is 0. The van der Waals surface area contributed by atoms with Crippen LogP contribution < -0.4 is 0 Å². The molecule has 0 aromatic heterocycles. The number of carboxylic acids is 1. The number of aliphatic hydroxyl groups is 1. The van der Waals surface area contributed by atoms with Gasteiger partial charge in [0.1, 0.15) is 19.3 Å². The molecule has 0 unspecified atom stereocenters. The highest BCUT2D eigenvalue weighted by Crippen LogP contribution is 2.68. The molecule has 0 radical (unpaired) electrons. The summed E-state index contributed by atoms with van der Waals surface area (Å²) in [6.45, 7) is 24.8. The number of ether oxygens (including phenoxy) is 5. The maximum atomic E-state index is 13.6. The highest BCUT2D eigenvalue weighted by Gasteiger charge is 2.64. The molecule has 4 aliphatic heterocycles. The van der Waals surface area contributed by atoms with Crippen LogP contribution in [0.4, 0.5) is 9.59 Å². The molecule has 516 valence electrons. The Morgan fingerprint density at radius 3 is 1.43 bits per heavy atom. The molecule has 2 amide bonds. The van der Waals surface area contributed by atoms with E-state index in [1.165, 1.54) is 64.2 Å². The lowest BCUT2D eigenvalue weighted by Gasteiger charge is -2.54. The number of aliphatic carboxylic acids is 1. The summed E-state index contributed by atoms with van der Waals surface area (Å²) in [6.07, 6.45) is 23.2. The Hall–Kier alpha value is -4.72. The SMILES string of the molecule is C.C.CC1=C2C[C@H]3[C@@H](CC[C@@H]4C[C@H](O)CC[C@@]43C)[C@@H]2CC[C@@]2(C1)O[C@@H]1C[C@H](C)CN(C(=O)OCc3ccccc3)[C@H]1[C@H]2C.CCC(=O)O.CCC(=O)O[C@@H]1CC[C@@]2(C)[C@H](CC[C@H]3[C@@H]4CC[C@@]5(CC(C)=C4C[C@@H]32)O[C@@H]2C[C@H](C)CN(C(=O)OCc3ccccc3)[C@H]2[C@H]5C)C1. The largest absolute Gasteiger partial charge is 0.481 e. The zero-order chi connectivity index (χ0) is 64.3. The summed E-state index contributed by atoms with van der Waals surface area (Å²) in [5.74, 6) is 6.30. The fourth-order valence-corrected chi connectivity index (χ4v) is 22.5. The van der Waals surface area contributed by atoms with Gasteiger partial charge in [0.2, 0.25) is 0 Å². The van der Waals surface area contributed by atoms with E-state index in [1.54, 1.807) is 29.2 Å². The summed E-state index contributed by atoms with van der Waals surface area (Å²) in [5, 5.41) is 18.1. The average molecular weight is 1290 g/mol. The number of allylic oxidation sites excluding steroid dienone is 2. The number of esters is 1. The molecule has 12 aliphatic rings. The maximum absolute atomic E-state index is 13.6. The second kappa shape index (κ2) is 28.8. The van der Waals surface area contributed by atoms with Gasteiger partial charge in [-0.2, -0.15) is 0 Å². The predicted octanol–water partition coefficient (Wildman–Crippen LogP) is 17.8. The number of fused-ring (bicyclic) bond motifs is 12. The minimum Gasteiger partial charge on any atom is -0.481 e. The molecule has 2 spiro atoms. The number of rotatable bonds is 7. The summed E-state index contributed by atoms with van der Waals surface area (Å²) in [4.78, 5) is 52.6. The molecule has 6 saturated carbocycles. The smallest absolute Gasteiger partial charge is 0.410 e. The van der Waals surface area contributed by atoms with Gasteiger partial charge in [-0.05, 0) is 223 Å². The molecule has 22 atom stereocenters. The number of benzene rings is 2. The molecule has 4 saturated heterocycles. The number of hydrogen-bond donors (Lipinski definition) is 2. The van der Waals surface area contributed by atoms with Crippen LogP contribution in [0, 0.1) is 81.8 Å². The van der Waals surface area contributed by atoms with E-state index in [0.717, 1.165) is 112 Å². The van der Waals surface area contributed by atoms with E-state index >= 15 is 0 Å². The van der Waals surface area contributed by atoms with Gasteiger partial charge in [-0.15, -0.1) is 0 Å². The normalized spacial score (nSPS) is 40.9. The van der Waals surface area contributed by atoms with Crippen LogP contribution in [0.5, 0.6) is 0 Å². The van der Waals surface area contributed by atoms with Gasteiger partial charge in [0, 0.05) is 37.8 Å². The van der Waals surface area contributed by atoms with Gasteiger partial charge in [0.15, 0.2) is 0 Å². The molecular formula is C80H120N2O11. The lowest BCUT2D eigenvalue weighted by molar-refractivity contribution is -0.156. The molecule has 2 aromatic rings. The number of piperidine rings is 2. The van der Waals surface area contributed by atoms with Crippen molar-refractivity contribution in [2.24, 2.45) is 81.8 Å². The first-order valence-corrected chi connectivity index (χ1v) is 36.3. The van der Waals surface area contributed by atoms with Gasteiger partial charge >= 0.3 is 24.1 Å². The predicted molar refractivity (Wildman–Crippen MR) is 366 cm³/mol. The van der Waals surface area contributed by atoms with Crippen molar-refractivity contribution in [3.8, 4) is 0 Å². The Balaban J connectivity index is 0.000000187. The molecule has 8 aliphatic carbocycles. The van der Waals surface area contributed by atoms with Crippen LogP contribution in [-0.4, -0.2) is 105 Å². The molecule has 13 heteroatoms. The first kappa shape index (κ1) is 71.1. The van der Waals surface area contributed by atoms with Crippen LogP contribution in [0.3, 0.4) is 0 Å². The lowest BCUT2D eigenvalue weighted by atomic mass is 9.52. The van der Waals surface area contributed by atoms with Gasteiger partial charge in [-0.1, -0.05) is 153 Å². The van der Waals surface area contributed by atoms with Crippen LogP contribution in [0.15, 0.2) is 83.0 Å². The highest BCUT2D eigenvalue weighted by molar-refractivity contribution is 5.70. The molecule has 4 heterocycles. The number of carbonyl (C=O) groups is 4. The number of aliphatic hydroxyl groups excluding tert-OH is 1. The van der Waals surface area contributed by atoms with Crippen LogP contribution in [0.1, 0.15) is 236 Å². The molecule has 2 aromatic carbocycles. The zero-order valence-corrected chi connectivity index (χ0v) is 57.0. The standard InChI is InChI=1S/C39H55NO5.C36H51NO4.C3H6O2.2CH4/c1-6-35(41)44-29-14-16-38(5)28(19-29)12-13-31-30-15-17-39(21-25(3)32(30)20-33(31)38)26(4)36-34(45-39)18-24(2)22-40(36)37(42)43-23-27-10-8-7-9-11-27;1-22-16-32-33(37(20-22)34(39)40-21-25-8-6-5-7-9-25)24(3)36(41-32)15-13-28-29-11-10-26-17-27(38)12-14-35(26,4)31(29)18-30(28)23(2)19-36;1-2-3(4)5;;/h7-11,24,26,28-31,33-34,36H,6,12-23H2,1-5H3;5-9,22,24,26-29,31-33,38H,10-21H2,1-4H3;2H2,1H3,(H,4,5);2*1H4/t24-,26+,28+,29+,30-,31-,33-,34+,36-,38-,39-;22-,24+,26+,27+,28-,29-,31-,32+,33-,35-,36-;;;/m00.../s1. The topological polar surface area (TPSA) is 161 Å².